The third kappa shape index (κ3) is 5.00. The zero-order valence-electron chi connectivity index (χ0n) is 12.5. The van der Waals surface area contributed by atoms with Gasteiger partial charge in [0.25, 0.3) is 0 Å². The van der Waals surface area contributed by atoms with Gasteiger partial charge in [-0.1, -0.05) is 12.1 Å². The summed E-state index contributed by atoms with van der Waals surface area (Å²) < 4.78 is 13.5. The molecule has 5 heteroatoms. The van der Waals surface area contributed by atoms with Gasteiger partial charge in [-0.25, -0.2) is 4.39 Å². The molecule has 0 spiro atoms. The standard InChI is InChI=1S/C16H23FN2OS/c1-18-12-13-6-9-19(10-7-13)16(20)8-11-21-15-5-3-2-4-14(15)17/h2-5,13,18H,6-12H2,1H3. The highest BCUT2D eigenvalue weighted by atomic mass is 32.2. The van der Waals surface area contributed by atoms with Crippen molar-refractivity contribution in [3.63, 3.8) is 0 Å². The van der Waals surface area contributed by atoms with Crippen LogP contribution in [0.25, 0.3) is 0 Å². The predicted molar refractivity (Wildman–Crippen MR) is 85.0 cm³/mol. The number of benzene rings is 1. The molecule has 116 valence electrons. The first-order valence-corrected chi connectivity index (χ1v) is 8.49. The highest BCUT2D eigenvalue weighted by molar-refractivity contribution is 7.99. The molecule has 0 unspecified atom stereocenters. The van der Waals surface area contributed by atoms with E-state index in [1.807, 2.05) is 18.0 Å². The van der Waals surface area contributed by atoms with Gasteiger partial charge in [-0.3, -0.25) is 4.79 Å². The lowest BCUT2D eigenvalue weighted by Gasteiger charge is -2.32. The molecule has 1 aromatic carbocycles. The van der Waals surface area contributed by atoms with E-state index >= 15 is 0 Å². The Labute approximate surface area is 130 Å². The molecule has 1 aliphatic heterocycles. The van der Waals surface area contributed by atoms with Gasteiger partial charge in [-0.05, 0) is 44.5 Å². The Morgan fingerprint density at radius 3 is 2.76 bits per heavy atom. The Morgan fingerprint density at radius 2 is 2.10 bits per heavy atom. The molecular formula is C16H23FN2OS. The lowest BCUT2D eigenvalue weighted by molar-refractivity contribution is -0.132. The van der Waals surface area contributed by atoms with Gasteiger partial charge in [0, 0.05) is 30.2 Å². The third-order valence-electron chi connectivity index (χ3n) is 3.87. The molecule has 1 heterocycles. The number of thioether (sulfide) groups is 1. The SMILES string of the molecule is CNCC1CCN(C(=O)CCSc2ccccc2F)CC1. The van der Waals surface area contributed by atoms with Crippen LogP contribution in [0.1, 0.15) is 19.3 Å². The fraction of sp³-hybridized carbons (Fsp3) is 0.562. The van der Waals surface area contributed by atoms with Crippen molar-refractivity contribution in [2.75, 3.05) is 32.4 Å². The van der Waals surface area contributed by atoms with Crippen LogP contribution < -0.4 is 5.32 Å². The quantitative estimate of drug-likeness (QED) is 0.820. The fourth-order valence-electron chi connectivity index (χ4n) is 2.64. The van der Waals surface area contributed by atoms with Crippen molar-refractivity contribution >= 4 is 17.7 Å². The molecule has 0 aromatic heterocycles. The van der Waals surface area contributed by atoms with Crippen LogP contribution in [-0.4, -0.2) is 43.2 Å². The second kappa shape index (κ2) is 8.39. The molecule has 0 atom stereocenters. The average molecular weight is 310 g/mol. The number of carbonyl (C=O) groups is 1. The molecule has 0 radical (unpaired) electrons. The van der Waals surface area contributed by atoms with Crippen LogP contribution >= 0.6 is 11.8 Å². The molecule has 1 fully saturated rings. The van der Waals surface area contributed by atoms with Crippen molar-refractivity contribution in [2.24, 2.45) is 5.92 Å². The van der Waals surface area contributed by atoms with E-state index in [0.29, 0.717) is 23.0 Å². The van der Waals surface area contributed by atoms with Crippen molar-refractivity contribution in [3.05, 3.63) is 30.1 Å². The van der Waals surface area contributed by atoms with Crippen LogP contribution in [0.2, 0.25) is 0 Å². The summed E-state index contributed by atoms with van der Waals surface area (Å²) in [6.45, 7) is 2.75. The minimum Gasteiger partial charge on any atom is -0.343 e. The maximum atomic E-state index is 13.5. The van der Waals surface area contributed by atoms with Gasteiger partial charge in [0.05, 0.1) is 0 Å². The fourth-order valence-corrected chi connectivity index (χ4v) is 3.52. The van der Waals surface area contributed by atoms with Crippen molar-refractivity contribution < 1.29 is 9.18 Å². The average Bonchev–Trinajstić information content (AvgIpc) is 2.50. The van der Waals surface area contributed by atoms with Crippen molar-refractivity contribution in [3.8, 4) is 0 Å². The highest BCUT2D eigenvalue weighted by Gasteiger charge is 2.21. The number of nitrogens with zero attached hydrogens (tertiary/aromatic N) is 1. The first-order chi connectivity index (χ1) is 10.2. The van der Waals surface area contributed by atoms with Crippen molar-refractivity contribution in [2.45, 2.75) is 24.2 Å². The van der Waals surface area contributed by atoms with Crippen LogP contribution in [0.5, 0.6) is 0 Å². The number of hydrogen-bond acceptors (Lipinski definition) is 3. The van der Waals surface area contributed by atoms with Gasteiger partial charge < -0.3 is 10.2 Å². The van der Waals surface area contributed by atoms with Crippen molar-refractivity contribution in [1.29, 1.82) is 0 Å². The Kier molecular flexibility index (Phi) is 6.51. The Morgan fingerprint density at radius 1 is 1.38 bits per heavy atom. The van der Waals surface area contributed by atoms with Crippen LogP contribution in [0, 0.1) is 11.7 Å². The smallest absolute Gasteiger partial charge is 0.223 e. The lowest BCUT2D eigenvalue weighted by Crippen LogP contribution is -2.40. The minimum absolute atomic E-state index is 0.196. The van der Waals surface area contributed by atoms with Crippen LogP contribution in [0.15, 0.2) is 29.2 Å². The van der Waals surface area contributed by atoms with E-state index < -0.39 is 0 Å². The topological polar surface area (TPSA) is 32.3 Å². The summed E-state index contributed by atoms with van der Waals surface area (Å²) in [6.07, 6.45) is 2.63. The molecule has 1 aliphatic rings. The van der Waals surface area contributed by atoms with Gasteiger partial charge >= 0.3 is 0 Å². The monoisotopic (exact) mass is 310 g/mol. The first-order valence-electron chi connectivity index (χ1n) is 7.50. The van der Waals surface area contributed by atoms with E-state index in [1.165, 1.54) is 17.8 Å². The summed E-state index contributed by atoms with van der Waals surface area (Å²) in [5.74, 6) is 1.31. The Hall–Kier alpha value is -1.07. The molecule has 21 heavy (non-hydrogen) atoms. The zero-order valence-corrected chi connectivity index (χ0v) is 13.3. The number of rotatable bonds is 6. The summed E-state index contributed by atoms with van der Waals surface area (Å²) in [4.78, 5) is 14.7. The Balaban J connectivity index is 1.70. The second-order valence-corrected chi connectivity index (χ2v) is 6.55. The van der Waals surface area contributed by atoms with Gasteiger partial charge in [0.15, 0.2) is 0 Å². The van der Waals surface area contributed by atoms with Gasteiger partial charge in [0.2, 0.25) is 5.91 Å². The number of hydrogen-bond donors (Lipinski definition) is 1. The predicted octanol–water partition coefficient (Wildman–Crippen LogP) is 2.77. The number of likely N-dealkylation sites (tertiary alicyclic amines) is 1. The summed E-state index contributed by atoms with van der Waals surface area (Å²) >= 11 is 1.42. The number of carbonyl (C=O) groups excluding carboxylic acids is 1. The normalized spacial score (nSPS) is 16.2. The Bertz CT molecular complexity index is 461. The van der Waals surface area contributed by atoms with Gasteiger partial charge in [0.1, 0.15) is 5.82 Å². The van der Waals surface area contributed by atoms with Gasteiger partial charge in [-0.2, -0.15) is 0 Å². The van der Waals surface area contributed by atoms with Crippen molar-refractivity contribution in [1.82, 2.24) is 10.2 Å². The van der Waals surface area contributed by atoms with E-state index in [9.17, 15) is 9.18 Å². The molecule has 2 rings (SSSR count). The summed E-state index contributed by atoms with van der Waals surface area (Å²) in [5.41, 5.74) is 0. The van der Waals surface area contributed by atoms with Crippen LogP contribution in [0.4, 0.5) is 4.39 Å². The van der Waals surface area contributed by atoms with E-state index in [-0.39, 0.29) is 11.7 Å². The maximum Gasteiger partial charge on any atom is 0.223 e. The summed E-state index contributed by atoms with van der Waals surface area (Å²) in [7, 11) is 1.97. The number of halogens is 1. The van der Waals surface area contributed by atoms with Gasteiger partial charge in [-0.15, -0.1) is 11.8 Å². The number of nitrogens with one attached hydrogen (secondary N) is 1. The van der Waals surface area contributed by atoms with E-state index in [2.05, 4.69) is 5.32 Å². The molecule has 1 aromatic rings. The lowest BCUT2D eigenvalue weighted by atomic mass is 9.97. The van der Waals surface area contributed by atoms with Crippen LogP contribution in [-0.2, 0) is 4.79 Å². The first kappa shape index (κ1) is 16.3. The maximum absolute atomic E-state index is 13.5. The molecule has 1 saturated heterocycles. The van der Waals surface area contributed by atoms with E-state index in [0.717, 1.165) is 32.5 Å². The minimum atomic E-state index is -0.206. The third-order valence-corrected chi connectivity index (χ3v) is 4.92. The van der Waals surface area contributed by atoms with E-state index in [4.69, 9.17) is 0 Å². The molecule has 1 N–H and O–H groups in total. The number of amides is 1. The molecule has 0 aliphatic carbocycles. The molecular weight excluding hydrogens is 287 g/mol. The molecule has 0 saturated carbocycles. The zero-order chi connectivity index (χ0) is 15.1. The molecule has 0 bridgehead atoms. The summed E-state index contributed by atoms with van der Waals surface area (Å²) in [6, 6.07) is 6.71. The molecule has 1 amide bonds. The molecule has 3 nitrogen and oxygen atoms in total. The van der Waals surface area contributed by atoms with Crippen LogP contribution in [0.3, 0.4) is 0 Å². The summed E-state index contributed by atoms with van der Waals surface area (Å²) in [5, 5.41) is 3.20. The number of piperidine rings is 1. The highest BCUT2D eigenvalue weighted by Crippen LogP contribution is 2.23. The largest absolute Gasteiger partial charge is 0.343 e. The van der Waals surface area contributed by atoms with E-state index in [1.54, 1.807) is 12.1 Å². The second-order valence-electron chi connectivity index (χ2n) is 5.41.